The Kier molecular flexibility index (Phi) is 26.5. The number of nitrogens with zero attached hydrogens (tertiary/aromatic N) is 1. The fourth-order valence-corrected chi connectivity index (χ4v) is 9.62. The molecule has 1 unspecified atom stereocenters. The first-order chi connectivity index (χ1) is 34.2. The lowest BCUT2D eigenvalue weighted by Gasteiger charge is -2.31. The summed E-state index contributed by atoms with van der Waals surface area (Å²) in [6.45, 7) is 7.69. The summed E-state index contributed by atoms with van der Waals surface area (Å²) in [5.74, 6) is -11.2. The van der Waals surface area contributed by atoms with Crippen LogP contribution >= 0.6 is 21.6 Å². The lowest BCUT2D eigenvalue weighted by molar-refractivity contribution is -0.142. The summed E-state index contributed by atoms with van der Waals surface area (Å²) in [5, 5.41) is 35.1. The molecule has 0 radical (unpaired) electrons. The summed E-state index contributed by atoms with van der Waals surface area (Å²) in [6, 6.07) is -5.05. The van der Waals surface area contributed by atoms with Crippen LogP contribution in [-0.4, -0.2) is 159 Å². The van der Waals surface area contributed by atoms with E-state index in [4.69, 9.17) is 32.8 Å². The van der Waals surface area contributed by atoms with Gasteiger partial charge in [0.25, 0.3) is 5.97 Å². The van der Waals surface area contributed by atoms with Crippen molar-refractivity contribution in [1.82, 2.24) is 42.1 Å². The van der Waals surface area contributed by atoms with E-state index >= 15 is 0 Å². The van der Waals surface area contributed by atoms with E-state index in [0.717, 1.165) is 28.5 Å². The van der Waals surface area contributed by atoms with Gasteiger partial charge in [0.1, 0.15) is 48.0 Å². The number of hydrogen-bond acceptors (Lipinski definition) is 16. The van der Waals surface area contributed by atoms with E-state index in [1.807, 2.05) is 13.8 Å². The average molecular weight is 1070 g/mol. The number of carbonyl (C=O) groups excluding carboxylic acids is 11. The second kappa shape index (κ2) is 31.0. The molecule has 0 spiro atoms. The largest absolute Gasteiger partial charge is 0.508 e. The summed E-state index contributed by atoms with van der Waals surface area (Å²) in [7, 11) is 2.05. The maximum atomic E-state index is 14.5. The number of benzene rings is 1. The van der Waals surface area contributed by atoms with E-state index in [1.165, 1.54) is 29.2 Å². The third kappa shape index (κ3) is 22.3. The van der Waals surface area contributed by atoms with Crippen molar-refractivity contribution >= 4 is 92.5 Å². The predicted octanol–water partition coefficient (Wildman–Crippen LogP) is -3.52. The van der Waals surface area contributed by atoms with Crippen molar-refractivity contribution in [2.24, 2.45) is 34.8 Å². The van der Waals surface area contributed by atoms with Crippen LogP contribution in [0.3, 0.4) is 0 Å². The lowest BCUT2D eigenvalue weighted by Crippen LogP contribution is -2.61. The molecule has 2 aliphatic rings. The highest BCUT2D eigenvalue weighted by Gasteiger charge is 2.41. The number of aliphatic carboxylic acids is 1. The van der Waals surface area contributed by atoms with Crippen LogP contribution in [0.15, 0.2) is 24.3 Å². The van der Waals surface area contributed by atoms with Crippen LogP contribution in [0, 0.1) is 11.8 Å². The Balaban J connectivity index is 0.00000439. The quantitative estimate of drug-likeness (QED) is 0.0673. The normalized spacial score (nSPS) is 23.3. The first-order valence-electron chi connectivity index (χ1n) is 23.5. The molecular weight excluding hydrogens is 997 g/mol. The summed E-state index contributed by atoms with van der Waals surface area (Å²) in [6.07, 6.45) is -0.694. The number of carbonyl (C=O) groups is 12. The Morgan fingerprint density at radius 1 is 0.781 bits per heavy atom. The predicted molar refractivity (Wildman–Crippen MR) is 268 cm³/mol. The van der Waals surface area contributed by atoms with Gasteiger partial charge in [0.15, 0.2) is 0 Å². The van der Waals surface area contributed by atoms with Crippen LogP contribution < -0.4 is 60.2 Å². The molecule has 73 heavy (non-hydrogen) atoms. The molecule has 11 amide bonds. The topological polar surface area (TPSA) is 437 Å². The van der Waals surface area contributed by atoms with Gasteiger partial charge in [-0.15, -0.1) is 0 Å². The zero-order chi connectivity index (χ0) is 55.1. The molecule has 406 valence electrons. The first kappa shape index (κ1) is 62.4. The van der Waals surface area contributed by atoms with Gasteiger partial charge in [-0.25, -0.2) is 0 Å². The Morgan fingerprint density at radius 2 is 1.36 bits per heavy atom. The molecule has 0 aromatic heterocycles. The number of likely N-dealkylation sites (tertiary alicyclic amines) is 1. The minimum atomic E-state index is -1.75. The number of nitrogens with one attached hydrogen (secondary N) is 7. The maximum Gasteiger partial charge on any atom is 0.300 e. The Morgan fingerprint density at radius 3 is 1.93 bits per heavy atom. The average Bonchev–Trinajstić information content (AvgIpc) is 3.81. The molecule has 2 heterocycles. The lowest BCUT2D eigenvalue weighted by atomic mass is 9.96. The Labute approximate surface area is 430 Å². The fraction of sp³-hybridized carbons (Fsp3) is 0.600. The number of hydrogen-bond donors (Lipinski definition) is 13. The molecule has 2 aliphatic heterocycles. The molecule has 2 saturated heterocycles. The Hall–Kier alpha value is -6.68. The van der Waals surface area contributed by atoms with Crippen LogP contribution in [0.1, 0.15) is 85.1 Å². The number of phenols is 1. The third-order valence-electron chi connectivity index (χ3n) is 11.3. The smallest absolute Gasteiger partial charge is 0.300 e. The summed E-state index contributed by atoms with van der Waals surface area (Å²) >= 11 is 0. The van der Waals surface area contributed by atoms with E-state index in [1.54, 1.807) is 13.8 Å². The van der Waals surface area contributed by atoms with Gasteiger partial charge in [-0.2, -0.15) is 0 Å². The van der Waals surface area contributed by atoms with Crippen molar-refractivity contribution < 1.29 is 67.7 Å². The van der Waals surface area contributed by atoms with Gasteiger partial charge in [-0.1, -0.05) is 67.8 Å². The minimum Gasteiger partial charge on any atom is -0.508 e. The molecule has 2 fully saturated rings. The van der Waals surface area contributed by atoms with Gasteiger partial charge < -0.3 is 75.3 Å². The number of carboxylic acids is 1. The standard InChI is InChI=1S/C43H66N12O12S2.C2H4O2/c1-5-22(4)35-42(66)49-26(12-13-32(45)57)38(62)51-29(17-33(46)58)39(63)53-30(20-69-68-19-25(44)36(60)50-28(40(64)54-35)16-23-8-10-24(56)11-9-23)43(67)55-14-6-7-31(55)41(65)52-27(15-21(2)3)37(61)48-18-34(47)59;1-2(3)4/h8-11,21-22,25-31,35,56H,5-7,12-20,44H2,1-4H3,(H2,45,57)(H2,46,58)(H2,47,59)(H,48,61)(H,49,66)(H,50,60)(H,51,62)(H,52,65)(H,53,63)(H,54,64);1H3,(H,3,4)/t22-,25-,26?,27-,28-,29-,30-,31-,35-;/m0./s1. The van der Waals surface area contributed by atoms with E-state index in [-0.39, 0.29) is 49.0 Å². The number of nitrogens with two attached hydrogens (primary N) is 4. The summed E-state index contributed by atoms with van der Waals surface area (Å²) < 4.78 is 0. The molecule has 17 N–H and O–H groups in total. The van der Waals surface area contributed by atoms with E-state index in [0.29, 0.717) is 18.4 Å². The van der Waals surface area contributed by atoms with Crippen LogP contribution in [0.2, 0.25) is 0 Å². The van der Waals surface area contributed by atoms with Crippen molar-refractivity contribution in [3.8, 4) is 5.75 Å². The zero-order valence-electron chi connectivity index (χ0n) is 41.4. The van der Waals surface area contributed by atoms with Crippen molar-refractivity contribution in [3.63, 3.8) is 0 Å². The van der Waals surface area contributed by atoms with E-state index in [2.05, 4.69) is 37.2 Å². The zero-order valence-corrected chi connectivity index (χ0v) is 43.1. The highest BCUT2D eigenvalue weighted by Crippen LogP contribution is 2.26. The number of rotatable bonds is 17. The minimum absolute atomic E-state index is 0.0468. The summed E-state index contributed by atoms with van der Waals surface area (Å²) in [5.41, 5.74) is 22.9. The summed E-state index contributed by atoms with van der Waals surface area (Å²) in [4.78, 5) is 157. The van der Waals surface area contributed by atoms with Crippen LogP contribution in [0.5, 0.6) is 5.75 Å². The first-order valence-corrected chi connectivity index (χ1v) is 26.0. The van der Waals surface area contributed by atoms with Crippen LogP contribution in [0.25, 0.3) is 0 Å². The highest BCUT2D eigenvalue weighted by molar-refractivity contribution is 8.76. The molecule has 9 atom stereocenters. The molecule has 0 saturated carbocycles. The third-order valence-corrected chi connectivity index (χ3v) is 13.7. The Bertz CT molecular complexity index is 2150. The van der Waals surface area contributed by atoms with Gasteiger partial charge in [0.05, 0.1) is 19.0 Å². The highest BCUT2D eigenvalue weighted by atomic mass is 33.1. The van der Waals surface area contributed by atoms with Gasteiger partial charge in [0, 0.05) is 37.8 Å². The molecular formula is C45H70N12O14S2. The van der Waals surface area contributed by atoms with Crippen molar-refractivity contribution in [3.05, 3.63) is 29.8 Å². The number of amides is 11. The molecule has 0 aliphatic carbocycles. The van der Waals surface area contributed by atoms with Gasteiger partial charge in [-0.3, -0.25) is 57.5 Å². The van der Waals surface area contributed by atoms with Gasteiger partial charge >= 0.3 is 0 Å². The van der Waals surface area contributed by atoms with Crippen LogP contribution in [0.4, 0.5) is 0 Å². The SMILES string of the molecule is CC(=O)O.CC[C@H](C)[C@@H]1NC(=O)[C@H](Cc2ccc(O)cc2)NC(=O)[C@@H](N)CSSC[C@@H](C(=O)N2CCC[C@H]2C(=O)N[C@@H](CC(C)C)C(=O)NCC(N)=O)NC(=O)[C@H](CC(N)=O)NC(=O)C(CCC(N)=O)NC1=O. The monoisotopic (exact) mass is 1070 g/mol. The molecule has 26 nitrogen and oxygen atoms in total. The van der Waals surface area contributed by atoms with Crippen molar-refractivity contribution in [2.75, 3.05) is 24.6 Å². The number of carboxylic acid groups (broad SMARTS) is 1. The maximum absolute atomic E-state index is 14.5. The molecule has 0 bridgehead atoms. The molecule has 28 heteroatoms. The molecule has 1 aromatic carbocycles. The number of aromatic hydroxyl groups is 1. The molecule has 1 aromatic rings. The van der Waals surface area contributed by atoms with E-state index < -0.39 is 151 Å². The van der Waals surface area contributed by atoms with Crippen molar-refractivity contribution in [2.45, 2.75) is 134 Å². The second-order valence-electron chi connectivity index (χ2n) is 17.9. The van der Waals surface area contributed by atoms with Gasteiger partial charge in [0.2, 0.25) is 65.0 Å². The van der Waals surface area contributed by atoms with Gasteiger partial charge in [-0.05, 0) is 55.2 Å². The van der Waals surface area contributed by atoms with E-state index in [9.17, 15) is 57.8 Å². The molecule has 3 rings (SSSR count). The number of primary amides is 3. The second-order valence-corrected chi connectivity index (χ2v) is 20.5. The number of phenolic OH excluding ortho intramolecular Hbond substituents is 1. The fourth-order valence-electron chi connectivity index (χ4n) is 7.34. The van der Waals surface area contributed by atoms with Crippen LogP contribution in [-0.2, 0) is 64.0 Å². The van der Waals surface area contributed by atoms with Crippen molar-refractivity contribution in [1.29, 1.82) is 0 Å².